The predicted molar refractivity (Wildman–Crippen MR) is 73.2 cm³/mol. The summed E-state index contributed by atoms with van der Waals surface area (Å²) in [6, 6.07) is 5.26. The lowest BCUT2D eigenvalue weighted by Gasteiger charge is -2.10. The molecule has 1 aromatic carbocycles. The van der Waals surface area contributed by atoms with Crippen LogP contribution in [0.25, 0.3) is 0 Å². The topological polar surface area (TPSA) is 81.5 Å². The first-order chi connectivity index (χ1) is 9.63. The van der Waals surface area contributed by atoms with Crippen molar-refractivity contribution in [1.29, 1.82) is 0 Å². The van der Waals surface area contributed by atoms with Gasteiger partial charge >= 0.3 is 7.12 Å². The van der Waals surface area contributed by atoms with E-state index in [1.807, 2.05) is 0 Å². The van der Waals surface area contributed by atoms with Crippen LogP contribution >= 0.6 is 11.3 Å². The second-order valence-electron chi connectivity index (χ2n) is 4.48. The highest BCUT2D eigenvalue weighted by molar-refractivity contribution is 7.11. The summed E-state index contributed by atoms with van der Waals surface area (Å²) in [5, 5.41) is 17.8. The van der Waals surface area contributed by atoms with Gasteiger partial charge in [-0.1, -0.05) is 22.5 Å². The van der Waals surface area contributed by atoms with Gasteiger partial charge in [0.05, 0.1) is 6.10 Å². The first kappa shape index (κ1) is 13.2. The van der Waals surface area contributed by atoms with Crippen molar-refractivity contribution in [3.63, 3.8) is 0 Å². The Morgan fingerprint density at radius 3 is 3.15 bits per heavy atom. The maximum Gasteiger partial charge on any atom is 0.492 e. The Kier molecular flexibility index (Phi) is 3.52. The van der Waals surface area contributed by atoms with Crippen LogP contribution in [0.5, 0.6) is 10.9 Å². The minimum absolute atomic E-state index is 0.0178. The smallest absolute Gasteiger partial charge is 0.430 e. The lowest BCUT2D eigenvalue weighted by molar-refractivity contribution is -0.118. The van der Waals surface area contributed by atoms with Crippen LogP contribution in [0.3, 0.4) is 0 Å². The summed E-state index contributed by atoms with van der Waals surface area (Å²) in [4.78, 5) is 11.2. The van der Waals surface area contributed by atoms with Crippen molar-refractivity contribution in [2.45, 2.75) is 19.4 Å². The number of fused-ring (bicyclic) bond motifs is 1. The van der Waals surface area contributed by atoms with Gasteiger partial charge < -0.3 is 14.4 Å². The fourth-order valence-electron chi connectivity index (χ4n) is 2.15. The van der Waals surface area contributed by atoms with E-state index < -0.39 is 13.2 Å². The zero-order valence-electron chi connectivity index (χ0n) is 10.6. The molecule has 1 N–H and O–H groups in total. The lowest BCUT2D eigenvalue weighted by atomic mass is 9.79. The molecule has 1 aliphatic rings. The van der Waals surface area contributed by atoms with Gasteiger partial charge in [0.15, 0.2) is 0 Å². The molecular formula is C12H11BN2O4S. The molecule has 0 unspecified atom stereocenters. The fraction of sp³-hybridized carbons (Fsp3) is 0.250. The van der Waals surface area contributed by atoms with E-state index >= 15 is 0 Å². The minimum atomic E-state index is -1.03. The number of carbonyl (C=O) groups is 1. The Morgan fingerprint density at radius 1 is 1.60 bits per heavy atom. The molecule has 102 valence electrons. The molecule has 0 spiro atoms. The average molecular weight is 290 g/mol. The Balaban J connectivity index is 1.85. The Morgan fingerprint density at radius 2 is 2.45 bits per heavy atom. The van der Waals surface area contributed by atoms with Gasteiger partial charge in [-0.25, -0.2) is 0 Å². The van der Waals surface area contributed by atoms with Crippen molar-refractivity contribution in [2.75, 3.05) is 0 Å². The number of nitrogens with zero attached hydrogens (tertiary/aromatic N) is 2. The van der Waals surface area contributed by atoms with Crippen LogP contribution in [-0.4, -0.2) is 28.1 Å². The number of Topliss-reactive ketones (excluding diaryl/α,β-unsaturated/α-hetero) is 1. The highest BCUT2D eigenvalue weighted by Crippen LogP contribution is 2.30. The van der Waals surface area contributed by atoms with Crippen LogP contribution in [0.2, 0.25) is 0 Å². The second kappa shape index (κ2) is 5.32. The van der Waals surface area contributed by atoms with Gasteiger partial charge in [-0.3, -0.25) is 4.79 Å². The van der Waals surface area contributed by atoms with E-state index in [4.69, 9.17) is 9.39 Å². The van der Waals surface area contributed by atoms with Gasteiger partial charge in [-0.05, 0) is 30.1 Å². The lowest BCUT2D eigenvalue weighted by Crippen LogP contribution is -2.27. The first-order valence-electron chi connectivity index (χ1n) is 6.04. The van der Waals surface area contributed by atoms with Crippen LogP contribution in [0, 0.1) is 0 Å². The molecule has 1 atom stereocenters. The van der Waals surface area contributed by atoms with E-state index in [1.54, 1.807) is 23.7 Å². The van der Waals surface area contributed by atoms with Crippen molar-refractivity contribution in [3.8, 4) is 10.9 Å². The maximum atomic E-state index is 11.2. The molecule has 0 aliphatic carbocycles. The van der Waals surface area contributed by atoms with Gasteiger partial charge in [0.2, 0.25) is 0 Å². The first-order valence-corrected chi connectivity index (χ1v) is 6.92. The average Bonchev–Trinajstić information content (AvgIpc) is 2.99. The quantitative estimate of drug-likeness (QED) is 0.848. The molecule has 2 heterocycles. The van der Waals surface area contributed by atoms with Crippen LogP contribution in [0.1, 0.15) is 25.0 Å². The molecule has 6 nitrogen and oxygen atoms in total. The molecule has 0 saturated carbocycles. The van der Waals surface area contributed by atoms with E-state index in [9.17, 15) is 9.82 Å². The summed E-state index contributed by atoms with van der Waals surface area (Å²) < 4.78 is 10.9. The monoisotopic (exact) mass is 290 g/mol. The molecule has 1 aromatic heterocycles. The number of carbonyl (C=O) groups excluding carboxylic acids is 1. The van der Waals surface area contributed by atoms with Crippen LogP contribution in [0.4, 0.5) is 0 Å². The number of aromatic nitrogens is 2. The van der Waals surface area contributed by atoms with Crippen LogP contribution in [-0.2, 0) is 9.45 Å². The van der Waals surface area contributed by atoms with Crippen molar-refractivity contribution in [1.82, 2.24) is 10.2 Å². The molecule has 2 aromatic rings. The normalized spacial score (nSPS) is 17.1. The molecule has 8 heteroatoms. The van der Waals surface area contributed by atoms with Crippen LogP contribution in [0.15, 0.2) is 23.7 Å². The van der Waals surface area contributed by atoms with Crippen LogP contribution < -0.4 is 10.2 Å². The molecule has 1 aliphatic heterocycles. The number of ether oxygens (including phenoxy) is 1. The molecule has 0 bridgehead atoms. The predicted octanol–water partition coefficient (Wildman–Crippen LogP) is 1.07. The Labute approximate surface area is 119 Å². The molecule has 0 radical (unpaired) electrons. The summed E-state index contributed by atoms with van der Waals surface area (Å²) in [7, 11) is -1.03. The summed E-state index contributed by atoms with van der Waals surface area (Å²) in [6.45, 7) is 1.50. The maximum absolute atomic E-state index is 11.2. The fourth-order valence-corrected chi connectivity index (χ4v) is 2.58. The molecule has 20 heavy (non-hydrogen) atoms. The summed E-state index contributed by atoms with van der Waals surface area (Å²) in [6.07, 6.45) is -0.145. The zero-order valence-corrected chi connectivity index (χ0v) is 11.5. The number of hydrogen-bond acceptors (Lipinski definition) is 7. The highest BCUT2D eigenvalue weighted by atomic mass is 32.1. The number of hydrogen-bond donors (Lipinski definition) is 1. The SMILES string of the molecule is CC(=O)C[C@H]1OB(O)c2cc(Oc3nncs3)ccc21. The zero-order chi connectivity index (χ0) is 14.1. The molecule has 3 rings (SSSR count). The van der Waals surface area contributed by atoms with Crippen molar-refractivity contribution in [2.24, 2.45) is 0 Å². The third kappa shape index (κ3) is 2.58. The van der Waals surface area contributed by atoms with Crippen molar-refractivity contribution in [3.05, 3.63) is 29.3 Å². The van der Waals surface area contributed by atoms with E-state index in [0.29, 0.717) is 16.4 Å². The Bertz CT molecular complexity index is 634. The van der Waals surface area contributed by atoms with Gasteiger partial charge in [0.25, 0.3) is 5.19 Å². The van der Waals surface area contributed by atoms with Gasteiger partial charge in [-0.2, -0.15) is 0 Å². The van der Waals surface area contributed by atoms with E-state index in [0.717, 1.165) is 5.56 Å². The third-order valence-electron chi connectivity index (χ3n) is 2.98. The third-order valence-corrected chi connectivity index (χ3v) is 3.55. The summed E-state index contributed by atoms with van der Waals surface area (Å²) in [5.41, 5.74) is 3.01. The number of benzene rings is 1. The largest absolute Gasteiger partial charge is 0.492 e. The van der Waals surface area contributed by atoms with Crippen molar-refractivity contribution >= 4 is 29.7 Å². The Hall–Kier alpha value is -1.77. The summed E-state index contributed by atoms with van der Waals surface area (Å²) >= 11 is 1.28. The van der Waals surface area contributed by atoms with Gasteiger partial charge in [0, 0.05) is 6.42 Å². The minimum Gasteiger partial charge on any atom is -0.430 e. The highest BCUT2D eigenvalue weighted by Gasteiger charge is 2.35. The molecular weight excluding hydrogens is 279 g/mol. The molecule has 0 fully saturated rings. The molecule has 0 amide bonds. The summed E-state index contributed by atoms with van der Waals surface area (Å²) in [5.74, 6) is 0.566. The van der Waals surface area contributed by atoms with E-state index in [2.05, 4.69) is 10.2 Å². The molecule has 0 saturated heterocycles. The standard InChI is InChI=1S/C12H11BN2O4S/c1-7(16)4-11-9-3-2-8(5-10(9)13(17)19-11)18-12-15-14-6-20-12/h2-3,5-6,11,17H,4H2,1H3/t11-/m1/s1. The van der Waals surface area contributed by atoms with E-state index in [-0.39, 0.29) is 12.2 Å². The van der Waals surface area contributed by atoms with Crippen molar-refractivity contribution < 1.29 is 19.2 Å². The number of ketones is 1. The van der Waals surface area contributed by atoms with Gasteiger partial charge in [0.1, 0.15) is 17.0 Å². The van der Waals surface area contributed by atoms with E-state index in [1.165, 1.54) is 18.3 Å². The number of rotatable bonds is 4. The van der Waals surface area contributed by atoms with Gasteiger partial charge in [-0.15, -0.1) is 5.10 Å². The second-order valence-corrected chi connectivity index (χ2v) is 5.28.